The number of benzene rings is 8. The predicted octanol–water partition coefficient (Wildman–Crippen LogP) is 13.4. The van der Waals surface area contributed by atoms with Crippen molar-refractivity contribution in [2.45, 2.75) is 0 Å². The second-order valence-electron chi connectivity index (χ2n) is 14.4. The first kappa shape index (κ1) is 31.5. The summed E-state index contributed by atoms with van der Waals surface area (Å²) in [4.78, 5) is 15.3. The molecule has 6 heteroatoms. The molecular formula is C51H30N4O2. The highest BCUT2D eigenvalue weighted by molar-refractivity contribution is 6.16. The van der Waals surface area contributed by atoms with Gasteiger partial charge in [0.05, 0.1) is 11.0 Å². The molecule has 0 atom stereocenters. The quantitative estimate of drug-likeness (QED) is 0.176. The van der Waals surface area contributed by atoms with Gasteiger partial charge in [-0.2, -0.15) is 9.97 Å². The molecule has 0 saturated carbocycles. The summed E-state index contributed by atoms with van der Waals surface area (Å²) in [6, 6.07) is 62.6. The van der Waals surface area contributed by atoms with Crippen molar-refractivity contribution in [2.75, 3.05) is 0 Å². The Morgan fingerprint density at radius 2 is 0.912 bits per heavy atom. The molecular weight excluding hydrogens is 701 g/mol. The summed E-state index contributed by atoms with van der Waals surface area (Å²) >= 11 is 0. The van der Waals surface area contributed by atoms with Crippen LogP contribution in [0.3, 0.4) is 0 Å². The lowest BCUT2D eigenvalue weighted by Gasteiger charge is -2.11. The number of fused-ring (bicyclic) bond motifs is 9. The van der Waals surface area contributed by atoms with E-state index in [9.17, 15) is 0 Å². The Kier molecular flexibility index (Phi) is 6.83. The Morgan fingerprint density at radius 1 is 0.351 bits per heavy atom. The van der Waals surface area contributed by atoms with Gasteiger partial charge in [0.15, 0.2) is 11.6 Å². The SMILES string of the molecule is c1ccc(-c2nc(-c3ccc(-c4cccc5oc6c(-c7ccc8c(c7)oc7ccccc78)cccc6c45)cc3)nc(-n3c4ccccc4c4ccccc43)n2)cc1. The van der Waals surface area contributed by atoms with Crippen LogP contribution in [0.5, 0.6) is 0 Å². The van der Waals surface area contributed by atoms with Crippen molar-refractivity contribution in [1.82, 2.24) is 19.5 Å². The van der Waals surface area contributed by atoms with Crippen LogP contribution in [0.25, 0.3) is 117 Å². The third-order valence-electron chi connectivity index (χ3n) is 11.1. The molecule has 8 aromatic carbocycles. The van der Waals surface area contributed by atoms with Crippen molar-refractivity contribution in [3.8, 4) is 51.0 Å². The molecule has 4 heterocycles. The standard InChI is InChI=1S/C51H30N4O2/c1-2-12-32(13-3-1)49-52-50(54-51(53-49)55-42-20-7-4-14-37(42)38-15-5-8-21-43(38)55)33-26-24-31(25-27-33)35-17-11-23-45-47(35)41-19-10-18-36(48(41)57-45)34-28-29-40-39-16-6-9-22-44(39)56-46(40)30-34/h1-30H. The fraction of sp³-hybridized carbons (Fsp3) is 0. The Hall–Kier alpha value is -7.83. The molecule has 0 unspecified atom stereocenters. The van der Waals surface area contributed by atoms with Crippen molar-refractivity contribution in [3.05, 3.63) is 182 Å². The van der Waals surface area contributed by atoms with E-state index in [0.29, 0.717) is 17.6 Å². The first-order valence-electron chi connectivity index (χ1n) is 19.0. The second kappa shape index (κ2) is 12.3. The first-order valence-corrected chi connectivity index (χ1v) is 19.0. The maximum absolute atomic E-state index is 6.67. The minimum Gasteiger partial charge on any atom is -0.456 e. The van der Waals surface area contributed by atoms with E-state index in [1.807, 2.05) is 54.6 Å². The van der Waals surface area contributed by atoms with Crippen molar-refractivity contribution in [2.24, 2.45) is 0 Å². The van der Waals surface area contributed by atoms with E-state index in [1.54, 1.807) is 0 Å². The highest BCUT2D eigenvalue weighted by Gasteiger charge is 2.20. The molecule has 266 valence electrons. The number of aromatic nitrogens is 4. The molecule has 0 N–H and O–H groups in total. The summed E-state index contributed by atoms with van der Waals surface area (Å²) in [5.41, 5.74) is 11.6. The largest absolute Gasteiger partial charge is 0.456 e. The van der Waals surface area contributed by atoms with Crippen LogP contribution >= 0.6 is 0 Å². The molecule has 0 spiro atoms. The molecule has 0 fully saturated rings. The molecule has 0 radical (unpaired) electrons. The van der Waals surface area contributed by atoms with Crippen LogP contribution in [0, 0.1) is 0 Å². The number of nitrogens with zero attached hydrogens (tertiary/aromatic N) is 4. The van der Waals surface area contributed by atoms with Gasteiger partial charge in [0.25, 0.3) is 0 Å². The van der Waals surface area contributed by atoms with Gasteiger partial charge in [0.2, 0.25) is 5.95 Å². The summed E-state index contributed by atoms with van der Waals surface area (Å²) in [5, 5.41) is 6.67. The smallest absolute Gasteiger partial charge is 0.238 e. The van der Waals surface area contributed by atoms with Gasteiger partial charge in [-0.1, -0.05) is 146 Å². The highest BCUT2D eigenvalue weighted by Crippen LogP contribution is 2.42. The lowest BCUT2D eigenvalue weighted by molar-refractivity contribution is 0.668. The Balaban J connectivity index is 0.977. The molecule has 0 aliphatic carbocycles. The Labute approximate surface area is 325 Å². The van der Waals surface area contributed by atoms with Gasteiger partial charge in [-0.15, -0.1) is 0 Å². The van der Waals surface area contributed by atoms with Crippen LogP contribution in [0.4, 0.5) is 0 Å². The van der Waals surface area contributed by atoms with E-state index in [1.165, 1.54) is 0 Å². The van der Waals surface area contributed by atoms with E-state index < -0.39 is 0 Å². The summed E-state index contributed by atoms with van der Waals surface area (Å²) in [7, 11) is 0. The van der Waals surface area contributed by atoms with Gasteiger partial charge in [-0.3, -0.25) is 4.57 Å². The minimum atomic E-state index is 0.574. The molecule has 12 aromatic rings. The first-order chi connectivity index (χ1) is 28.2. The fourth-order valence-electron chi connectivity index (χ4n) is 8.46. The topological polar surface area (TPSA) is 69.9 Å². The van der Waals surface area contributed by atoms with Crippen molar-refractivity contribution in [1.29, 1.82) is 0 Å². The monoisotopic (exact) mass is 730 g/mol. The molecule has 0 bridgehead atoms. The Bertz CT molecular complexity index is 3470. The van der Waals surface area contributed by atoms with Gasteiger partial charge in [-0.05, 0) is 53.1 Å². The molecule has 6 nitrogen and oxygen atoms in total. The van der Waals surface area contributed by atoms with Crippen LogP contribution in [0.1, 0.15) is 0 Å². The van der Waals surface area contributed by atoms with Crippen LogP contribution in [0.15, 0.2) is 191 Å². The third-order valence-corrected chi connectivity index (χ3v) is 11.1. The second-order valence-corrected chi connectivity index (χ2v) is 14.4. The molecule has 0 aliphatic heterocycles. The summed E-state index contributed by atoms with van der Waals surface area (Å²) in [5.74, 6) is 1.79. The zero-order valence-electron chi connectivity index (χ0n) is 30.4. The number of furan rings is 2. The zero-order valence-corrected chi connectivity index (χ0v) is 30.4. The molecule has 4 aromatic heterocycles. The van der Waals surface area contributed by atoms with Crippen LogP contribution in [-0.4, -0.2) is 19.5 Å². The lowest BCUT2D eigenvalue weighted by Crippen LogP contribution is -2.06. The van der Waals surface area contributed by atoms with Gasteiger partial charge in [-0.25, -0.2) is 4.98 Å². The van der Waals surface area contributed by atoms with Crippen LogP contribution in [-0.2, 0) is 0 Å². The highest BCUT2D eigenvalue weighted by atomic mass is 16.3. The zero-order chi connectivity index (χ0) is 37.5. The van der Waals surface area contributed by atoms with Gasteiger partial charge >= 0.3 is 0 Å². The van der Waals surface area contributed by atoms with Gasteiger partial charge < -0.3 is 8.83 Å². The minimum absolute atomic E-state index is 0.574. The third kappa shape index (κ3) is 4.94. The van der Waals surface area contributed by atoms with Gasteiger partial charge in [0.1, 0.15) is 22.3 Å². The normalized spacial score (nSPS) is 11.9. The number of hydrogen-bond acceptors (Lipinski definition) is 5. The van der Waals surface area contributed by atoms with Crippen molar-refractivity contribution >= 4 is 65.7 Å². The Morgan fingerprint density at radius 3 is 1.68 bits per heavy atom. The molecule has 0 aliphatic rings. The number of rotatable bonds is 5. The fourth-order valence-corrected chi connectivity index (χ4v) is 8.46. The lowest BCUT2D eigenvalue weighted by atomic mass is 9.96. The van der Waals surface area contributed by atoms with Crippen molar-refractivity contribution < 1.29 is 8.83 Å². The molecule has 0 saturated heterocycles. The average molecular weight is 731 g/mol. The van der Waals surface area contributed by atoms with E-state index in [0.717, 1.165) is 99.1 Å². The summed E-state index contributed by atoms with van der Waals surface area (Å²) < 4.78 is 15.1. The van der Waals surface area contributed by atoms with Crippen molar-refractivity contribution in [3.63, 3.8) is 0 Å². The molecule has 12 rings (SSSR count). The predicted molar refractivity (Wildman–Crippen MR) is 230 cm³/mol. The maximum atomic E-state index is 6.67. The number of hydrogen-bond donors (Lipinski definition) is 0. The molecule has 0 amide bonds. The van der Waals surface area contributed by atoms with E-state index >= 15 is 0 Å². The van der Waals surface area contributed by atoms with E-state index in [2.05, 4.69) is 132 Å². The van der Waals surface area contributed by atoms with Gasteiger partial charge in [0, 0.05) is 49.0 Å². The van der Waals surface area contributed by atoms with E-state index in [4.69, 9.17) is 23.8 Å². The van der Waals surface area contributed by atoms with Crippen LogP contribution in [0.2, 0.25) is 0 Å². The van der Waals surface area contributed by atoms with E-state index in [-0.39, 0.29) is 0 Å². The van der Waals surface area contributed by atoms with Crippen LogP contribution < -0.4 is 0 Å². The average Bonchev–Trinajstić information content (AvgIpc) is 3.96. The summed E-state index contributed by atoms with van der Waals surface area (Å²) in [6.45, 7) is 0. The number of para-hydroxylation sites is 4. The molecule has 57 heavy (non-hydrogen) atoms. The maximum Gasteiger partial charge on any atom is 0.238 e. The summed E-state index contributed by atoms with van der Waals surface area (Å²) in [6.07, 6.45) is 0.